The van der Waals surface area contributed by atoms with Gasteiger partial charge < -0.3 is 16.0 Å². The van der Waals surface area contributed by atoms with Crippen LogP contribution in [-0.4, -0.2) is 41.3 Å². The summed E-state index contributed by atoms with van der Waals surface area (Å²) in [6.45, 7) is 9.07. The summed E-state index contributed by atoms with van der Waals surface area (Å²) < 4.78 is 1.91. The molecule has 2 rings (SSSR count). The average molecular weight is 371 g/mol. The lowest BCUT2D eigenvalue weighted by atomic mass is 10.1. The molecule has 0 saturated heterocycles. The van der Waals surface area contributed by atoms with Gasteiger partial charge in [-0.25, -0.2) is 4.99 Å². The predicted molar refractivity (Wildman–Crippen MR) is 108 cm³/mol. The summed E-state index contributed by atoms with van der Waals surface area (Å²) in [6, 6.07) is 10.2. The first kappa shape index (κ1) is 20.5. The number of rotatable bonds is 9. The summed E-state index contributed by atoms with van der Waals surface area (Å²) >= 11 is 0. The van der Waals surface area contributed by atoms with E-state index in [2.05, 4.69) is 38.2 Å². The smallest absolute Gasteiger partial charge is 0.222 e. The summed E-state index contributed by atoms with van der Waals surface area (Å²) in [5.41, 5.74) is 2.36. The van der Waals surface area contributed by atoms with E-state index in [9.17, 15) is 4.79 Å². The molecular weight excluding hydrogens is 340 g/mol. The van der Waals surface area contributed by atoms with Gasteiger partial charge in [-0.1, -0.05) is 38.1 Å². The van der Waals surface area contributed by atoms with Gasteiger partial charge in [-0.15, -0.1) is 0 Å². The van der Waals surface area contributed by atoms with E-state index in [1.165, 1.54) is 11.1 Å². The van der Waals surface area contributed by atoms with Crippen LogP contribution in [0.5, 0.6) is 0 Å². The van der Waals surface area contributed by atoms with E-state index in [1.807, 2.05) is 49.8 Å². The van der Waals surface area contributed by atoms with Crippen LogP contribution in [0.2, 0.25) is 0 Å². The molecule has 0 spiro atoms. The first-order valence-electron chi connectivity index (χ1n) is 9.44. The molecule has 0 aliphatic heterocycles. The third-order valence-electron chi connectivity index (χ3n) is 4.00. The molecule has 0 fully saturated rings. The lowest BCUT2D eigenvalue weighted by Gasteiger charge is -2.13. The van der Waals surface area contributed by atoms with Gasteiger partial charge in [0.2, 0.25) is 5.91 Å². The van der Waals surface area contributed by atoms with Gasteiger partial charge in [-0.3, -0.25) is 9.48 Å². The molecule has 0 saturated carbocycles. The van der Waals surface area contributed by atoms with Gasteiger partial charge in [-0.05, 0) is 24.1 Å². The van der Waals surface area contributed by atoms with Crippen molar-refractivity contribution in [2.45, 2.75) is 33.9 Å². The number of aromatic nitrogens is 2. The second-order valence-electron chi connectivity index (χ2n) is 6.54. The molecule has 1 aromatic carbocycles. The summed E-state index contributed by atoms with van der Waals surface area (Å²) in [4.78, 5) is 16.3. The van der Waals surface area contributed by atoms with Crippen molar-refractivity contribution >= 4 is 11.9 Å². The Kier molecular flexibility index (Phi) is 8.35. The van der Waals surface area contributed by atoms with Crippen molar-refractivity contribution in [3.05, 3.63) is 53.9 Å². The number of hydrogen-bond acceptors (Lipinski definition) is 3. The lowest BCUT2D eigenvalue weighted by molar-refractivity contribution is -0.123. The number of amides is 1. The summed E-state index contributed by atoms with van der Waals surface area (Å²) in [5, 5.41) is 13.7. The molecule has 7 nitrogen and oxygen atoms in total. The minimum atomic E-state index is -0.00167. The quantitative estimate of drug-likeness (QED) is 0.357. The van der Waals surface area contributed by atoms with Gasteiger partial charge >= 0.3 is 0 Å². The molecule has 2 aromatic rings. The van der Waals surface area contributed by atoms with Crippen LogP contribution in [0.25, 0.3) is 0 Å². The summed E-state index contributed by atoms with van der Waals surface area (Å²) in [5.74, 6) is 0.801. The van der Waals surface area contributed by atoms with E-state index in [0.29, 0.717) is 19.6 Å². The van der Waals surface area contributed by atoms with Crippen molar-refractivity contribution < 1.29 is 4.79 Å². The second kappa shape index (κ2) is 11.0. The minimum Gasteiger partial charge on any atom is -0.357 e. The largest absolute Gasteiger partial charge is 0.357 e. The lowest BCUT2D eigenvalue weighted by Crippen LogP contribution is -2.42. The maximum atomic E-state index is 11.6. The van der Waals surface area contributed by atoms with E-state index in [0.717, 1.165) is 19.0 Å². The third kappa shape index (κ3) is 7.13. The molecule has 0 unspecified atom stereocenters. The molecule has 27 heavy (non-hydrogen) atoms. The Morgan fingerprint density at radius 2 is 1.85 bits per heavy atom. The zero-order valence-corrected chi connectivity index (χ0v) is 16.4. The SMILES string of the molecule is CCNC(=NCc1ccccc1Cn1cccn1)NCCNC(=O)C(C)C. The minimum absolute atomic E-state index is 0.00167. The number of carbonyl (C=O) groups is 1. The van der Waals surface area contributed by atoms with Gasteiger partial charge in [0, 0.05) is 37.9 Å². The van der Waals surface area contributed by atoms with Crippen molar-refractivity contribution in [1.82, 2.24) is 25.7 Å². The first-order chi connectivity index (χ1) is 13.1. The molecule has 1 heterocycles. The molecule has 146 valence electrons. The number of carbonyl (C=O) groups excluding carboxylic acids is 1. The van der Waals surface area contributed by atoms with Gasteiger partial charge in [-0.2, -0.15) is 5.10 Å². The fraction of sp³-hybridized carbons (Fsp3) is 0.450. The normalized spacial score (nSPS) is 11.5. The molecular formula is C20H30N6O. The van der Waals surface area contributed by atoms with E-state index in [1.54, 1.807) is 6.20 Å². The van der Waals surface area contributed by atoms with Crippen molar-refractivity contribution in [3.63, 3.8) is 0 Å². The number of benzene rings is 1. The third-order valence-corrected chi connectivity index (χ3v) is 4.00. The van der Waals surface area contributed by atoms with Crippen molar-refractivity contribution in [2.75, 3.05) is 19.6 Å². The van der Waals surface area contributed by atoms with E-state index in [4.69, 9.17) is 0 Å². The van der Waals surface area contributed by atoms with Crippen LogP contribution in [0.1, 0.15) is 31.9 Å². The number of nitrogens with zero attached hydrogens (tertiary/aromatic N) is 3. The summed E-state index contributed by atoms with van der Waals surface area (Å²) in [6.07, 6.45) is 3.74. The standard InChI is InChI=1S/C20H30N6O/c1-4-21-20(23-12-11-22-19(27)16(2)3)24-14-17-8-5-6-9-18(17)15-26-13-7-10-25-26/h5-10,13,16H,4,11-12,14-15H2,1-3H3,(H,22,27)(H2,21,23,24). The van der Waals surface area contributed by atoms with E-state index in [-0.39, 0.29) is 11.8 Å². The Bertz CT molecular complexity index is 724. The second-order valence-corrected chi connectivity index (χ2v) is 6.54. The molecule has 7 heteroatoms. The molecule has 0 aliphatic carbocycles. The van der Waals surface area contributed by atoms with Gasteiger partial charge in [0.1, 0.15) is 0 Å². The van der Waals surface area contributed by atoms with Gasteiger partial charge in [0.25, 0.3) is 0 Å². The zero-order valence-electron chi connectivity index (χ0n) is 16.4. The highest BCUT2D eigenvalue weighted by atomic mass is 16.1. The van der Waals surface area contributed by atoms with Crippen LogP contribution in [-0.2, 0) is 17.9 Å². The van der Waals surface area contributed by atoms with Crippen LogP contribution >= 0.6 is 0 Å². The first-order valence-corrected chi connectivity index (χ1v) is 9.44. The highest BCUT2D eigenvalue weighted by molar-refractivity contribution is 5.80. The number of guanidine groups is 1. The Hall–Kier alpha value is -2.83. The maximum Gasteiger partial charge on any atom is 0.222 e. The molecule has 0 aliphatic rings. The maximum absolute atomic E-state index is 11.6. The van der Waals surface area contributed by atoms with Crippen LogP contribution in [0.15, 0.2) is 47.7 Å². The number of nitrogens with one attached hydrogen (secondary N) is 3. The van der Waals surface area contributed by atoms with Crippen LogP contribution in [0.4, 0.5) is 0 Å². The zero-order chi connectivity index (χ0) is 19.5. The van der Waals surface area contributed by atoms with Crippen molar-refractivity contribution in [3.8, 4) is 0 Å². The molecule has 1 amide bonds. The van der Waals surface area contributed by atoms with E-state index < -0.39 is 0 Å². The molecule has 0 radical (unpaired) electrons. The van der Waals surface area contributed by atoms with Crippen LogP contribution in [0.3, 0.4) is 0 Å². The van der Waals surface area contributed by atoms with Crippen LogP contribution in [0, 0.1) is 5.92 Å². The fourth-order valence-electron chi connectivity index (χ4n) is 2.51. The van der Waals surface area contributed by atoms with Crippen LogP contribution < -0.4 is 16.0 Å². The number of hydrogen-bond donors (Lipinski definition) is 3. The Morgan fingerprint density at radius 3 is 2.52 bits per heavy atom. The highest BCUT2D eigenvalue weighted by Crippen LogP contribution is 2.11. The summed E-state index contributed by atoms with van der Waals surface area (Å²) in [7, 11) is 0. The fourth-order valence-corrected chi connectivity index (χ4v) is 2.51. The molecule has 0 bridgehead atoms. The van der Waals surface area contributed by atoms with Crippen molar-refractivity contribution in [1.29, 1.82) is 0 Å². The highest BCUT2D eigenvalue weighted by Gasteiger charge is 2.06. The van der Waals surface area contributed by atoms with Gasteiger partial charge in [0.05, 0.1) is 13.1 Å². The van der Waals surface area contributed by atoms with E-state index >= 15 is 0 Å². The number of aliphatic imine (C=N–C) groups is 1. The Balaban J connectivity index is 1.93. The Labute approximate surface area is 161 Å². The topological polar surface area (TPSA) is 83.3 Å². The monoisotopic (exact) mass is 370 g/mol. The molecule has 3 N–H and O–H groups in total. The molecule has 1 aromatic heterocycles. The molecule has 0 atom stereocenters. The van der Waals surface area contributed by atoms with Crippen molar-refractivity contribution in [2.24, 2.45) is 10.9 Å². The Morgan fingerprint density at radius 1 is 1.11 bits per heavy atom. The average Bonchev–Trinajstić information content (AvgIpc) is 3.17. The predicted octanol–water partition coefficient (Wildman–Crippen LogP) is 1.76. The van der Waals surface area contributed by atoms with Gasteiger partial charge in [0.15, 0.2) is 5.96 Å².